The fourth-order valence-electron chi connectivity index (χ4n) is 1.76. The van der Waals surface area contributed by atoms with Crippen molar-refractivity contribution >= 4 is 0 Å². The third kappa shape index (κ3) is 9.40. The minimum absolute atomic E-state index is 0.567. The average Bonchev–Trinajstić information content (AvgIpc) is 2.52. The largest absolute Gasteiger partial charge is 0.380 e. The summed E-state index contributed by atoms with van der Waals surface area (Å²) in [6.07, 6.45) is 10.9. The van der Waals surface area contributed by atoms with E-state index >= 15 is 0 Å². The van der Waals surface area contributed by atoms with Crippen LogP contribution in [0.2, 0.25) is 0 Å². The molecule has 1 aromatic rings. The molecule has 0 aliphatic heterocycles. The molecule has 108 valence electrons. The molecule has 1 rings (SSSR count). The Morgan fingerprint density at radius 2 is 1.62 bits per heavy atom. The Bertz CT molecular complexity index is 543. The molecule has 1 aromatic carbocycles. The van der Waals surface area contributed by atoms with Crippen LogP contribution in [0.4, 0.5) is 0 Å². The number of rotatable bonds is 6. The first-order valence-electron chi connectivity index (χ1n) is 7.47. The molecular formula is C20H22O. The van der Waals surface area contributed by atoms with Gasteiger partial charge in [0.15, 0.2) is 0 Å². The molecule has 21 heavy (non-hydrogen) atoms. The third-order valence-corrected chi connectivity index (χ3v) is 2.93. The minimum Gasteiger partial charge on any atom is -0.380 e. The molecule has 0 saturated carbocycles. The van der Waals surface area contributed by atoms with E-state index < -0.39 is 6.10 Å². The highest BCUT2D eigenvalue weighted by Crippen LogP contribution is 2.02. The van der Waals surface area contributed by atoms with Gasteiger partial charge in [0.1, 0.15) is 6.10 Å². The molecule has 1 nitrogen and oxygen atoms in total. The highest BCUT2D eigenvalue weighted by molar-refractivity contribution is 5.34. The summed E-state index contributed by atoms with van der Waals surface area (Å²) in [4.78, 5) is 0. The average molecular weight is 278 g/mol. The molecule has 0 fully saturated rings. The lowest BCUT2D eigenvalue weighted by Crippen LogP contribution is -2.01. The standard InChI is InChI=1S/C20H22O/c1-2-3-4-5-6-7-8-9-13-16-20(21)18-17-19-14-11-10-12-15-19/h1,10-12,14-15,20-21H,3-6,9,13,16H2/t20-/m0/s1. The van der Waals surface area contributed by atoms with Gasteiger partial charge in [-0.3, -0.25) is 0 Å². The van der Waals surface area contributed by atoms with Gasteiger partial charge in [0.25, 0.3) is 0 Å². The molecule has 1 heteroatoms. The molecule has 0 aliphatic carbocycles. The molecule has 1 atom stereocenters. The van der Waals surface area contributed by atoms with Crippen LogP contribution in [0.25, 0.3) is 0 Å². The zero-order valence-corrected chi connectivity index (χ0v) is 12.4. The van der Waals surface area contributed by atoms with Crippen molar-refractivity contribution in [2.45, 2.75) is 51.0 Å². The van der Waals surface area contributed by atoms with E-state index in [1.807, 2.05) is 30.3 Å². The molecule has 0 spiro atoms. The van der Waals surface area contributed by atoms with Crippen molar-refractivity contribution < 1.29 is 5.11 Å². The van der Waals surface area contributed by atoms with Crippen LogP contribution >= 0.6 is 0 Å². The summed E-state index contributed by atoms with van der Waals surface area (Å²) in [6, 6.07) is 9.70. The van der Waals surface area contributed by atoms with Gasteiger partial charge in [0.2, 0.25) is 0 Å². The third-order valence-electron chi connectivity index (χ3n) is 2.93. The zero-order chi connectivity index (χ0) is 15.2. The van der Waals surface area contributed by atoms with Crippen LogP contribution in [-0.2, 0) is 0 Å². The van der Waals surface area contributed by atoms with Gasteiger partial charge in [-0.15, -0.1) is 24.2 Å². The Hall–Kier alpha value is -2.14. The molecule has 0 bridgehead atoms. The summed E-state index contributed by atoms with van der Waals surface area (Å²) in [5.41, 5.74) is 0.934. The van der Waals surface area contributed by atoms with Gasteiger partial charge in [0, 0.05) is 24.8 Å². The fourth-order valence-corrected chi connectivity index (χ4v) is 1.76. The van der Waals surface area contributed by atoms with Crippen molar-refractivity contribution in [1.82, 2.24) is 0 Å². The van der Waals surface area contributed by atoms with Gasteiger partial charge in [-0.1, -0.05) is 30.0 Å². The monoisotopic (exact) mass is 278 g/mol. The smallest absolute Gasteiger partial charge is 0.115 e. The van der Waals surface area contributed by atoms with Gasteiger partial charge in [-0.25, -0.2) is 0 Å². The Morgan fingerprint density at radius 1 is 0.952 bits per heavy atom. The van der Waals surface area contributed by atoms with E-state index in [9.17, 15) is 5.11 Å². The number of benzene rings is 1. The fraction of sp³-hybridized carbons (Fsp3) is 0.400. The van der Waals surface area contributed by atoms with Crippen LogP contribution in [-0.4, -0.2) is 11.2 Å². The Morgan fingerprint density at radius 3 is 2.33 bits per heavy atom. The maximum Gasteiger partial charge on any atom is 0.115 e. The van der Waals surface area contributed by atoms with E-state index in [1.54, 1.807) is 0 Å². The molecule has 0 unspecified atom stereocenters. The predicted octanol–water partition coefficient (Wildman–Crippen LogP) is 3.77. The van der Waals surface area contributed by atoms with Crippen molar-refractivity contribution in [3.63, 3.8) is 0 Å². The van der Waals surface area contributed by atoms with Gasteiger partial charge >= 0.3 is 0 Å². The van der Waals surface area contributed by atoms with Gasteiger partial charge < -0.3 is 5.11 Å². The summed E-state index contributed by atoms with van der Waals surface area (Å²) in [5, 5.41) is 9.77. The lowest BCUT2D eigenvalue weighted by molar-refractivity contribution is 0.219. The second kappa shape index (κ2) is 11.7. The van der Waals surface area contributed by atoms with Crippen LogP contribution in [0.1, 0.15) is 50.5 Å². The number of aliphatic hydroxyl groups is 1. The Balaban J connectivity index is 2.12. The Kier molecular flexibility index (Phi) is 9.40. The first kappa shape index (κ1) is 16.9. The second-order valence-electron chi connectivity index (χ2n) is 4.81. The van der Waals surface area contributed by atoms with Crippen molar-refractivity contribution in [3.05, 3.63) is 35.9 Å². The van der Waals surface area contributed by atoms with E-state index in [0.29, 0.717) is 6.42 Å². The molecule has 0 heterocycles. The minimum atomic E-state index is -0.567. The van der Waals surface area contributed by atoms with Crippen LogP contribution in [0.5, 0.6) is 0 Å². The molecule has 0 radical (unpaired) electrons. The molecule has 0 saturated heterocycles. The SMILES string of the molecule is C#CCCCCC#CCCC[C@H](O)C#Cc1ccccc1. The maximum absolute atomic E-state index is 9.77. The summed E-state index contributed by atoms with van der Waals surface area (Å²) in [6.45, 7) is 0. The normalized spacial score (nSPS) is 10.5. The van der Waals surface area contributed by atoms with E-state index in [1.165, 1.54) is 0 Å². The van der Waals surface area contributed by atoms with Crippen molar-refractivity contribution in [1.29, 1.82) is 0 Å². The lowest BCUT2D eigenvalue weighted by Gasteiger charge is -1.99. The first-order valence-corrected chi connectivity index (χ1v) is 7.47. The summed E-state index contributed by atoms with van der Waals surface area (Å²) < 4.78 is 0. The number of terminal acetylenes is 1. The second-order valence-corrected chi connectivity index (χ2v) is 4.81. The van der Waals surface area contributed by atoms with Crippen LogP contribution in [0, 0.1) is 36.0 Å². The van der Waals surface area contributed by atoms with E-state index in [4.69, 9.17) is 6.42 Å². The van der Waals surface area contributed by atoms with Gasteiger partial charge in [0.05, 0.1) is 0 Å². The number of aliphatic hydroxyl groups excluding tert-OH is 1. The van der Waals surface area contributed by atoms with Crippen LogP contribution < -0.4 is 0 Å². The van der Waals surface area contributed by atoms with E-state index in [0.717, 1.165) is 44.1 Å². The van der Waals surface area contributed by atoms with Crippen molar-refractivity contribution in [2.24, 2.45) is 0 Å². The molecule has 0 aromatic heterocycles. The summed E-state index contributed by atoms with van der Waals surface area (Å²) in [7, 11) is 0. The predicted molar refractivity (Wildman–Crippen MR) is 88.3 cm³/mol. The molecule has 1 N–H and O–H groups in total. The summed E-state index contributed by atoms with van der Waals surface area (Å²) in [5.74, 6) is 14.7. The highest BCUT2D eigenvalue weighted by atomic mass is 16.3. The lowest BCUT2D eigenvalue weighted by atomic mass is 10.1. The summed E-state index contributed by atoms with van der Waals surface area (Å²) >= 11 is 0. The molecule has 0 amide bonds. The Labute approximate surface area is 128 Å². The van der Waals surface area contributed by atoms with E-state index in [-0.39, 0.29) is 0 Å². The van der Waals surface area contributed by atoms with E-state index in [2.05, 4.69) is 29.6 Å². The van der Waals surface area contributed by atoms with Crippen molar-refractivity contribution in [2.75, 3.05) is 0 Å². The molecular weight excluding hydrogens is 256 g/mol. The van der Waals surface area contributed by atoms with Gasteiger partial charge in [-0.2, -0.15) is 0 Å². The topological polar surface area (TPSA) is 20.2 Å². The van der Waals surface area contributed by atoms with Gasteiger partial charge in [-0.05, 0) is 37.8 Å². The van der Waals surface area contributed by atoms with Crippen molar-refractivity contribution in [3.8, 4) is 36.0 Å². The maximum atomic E-state index is 9.77. The number of hydrogen-bond acceptors (Lipinski definition) is 1. The number of hydrogen-bond donors (Lipinski definition) is 1. The molecule has 0 aliphatic rings. The highest BCUT2D eigenvalue weighted by Gasteiger charge is 1.97. The first-order chi connectivity index (χ1) is 10.3. The van der Waals surface area contributed by atoms with Crippen LogP contribution in [0.3, 0.4) is 0 Å². The quantitative estimate of drug-likeness (QED) is 0.620. The van der Waals surface area contributed by atoms with Crippen LogP contribution in [0.15, 0.2) is 30.3 Å². The zero-order valence-electron chi connectivity index (χ0n) is 12.4. The number of unbranched alkanes of at least 4 members (excludes halogenated alkanes) is 4.